The molecule has 0 spiro atoms. The maximum atomic E-state index is 12.7. The molecule has 0 aliphatic heterocycles. The molecular weight excluding hydrogens is 336 g/mol. The van der Waals surface area contributed by atoms with Gasteiger partial charge in [-0.1, -0.05) is 30.3 Å². The number of rotatable bonds is 5. The summed E-state index contributed by atoms with van der Waals surface area (Å²) in [5.74, 6) is -1.73. The topological polar surface area (TPSA) is 98.9 Å². The van der Waals surface area contributed by atoms with Crippen molar-refractivity contribution in [2.24, 2.45) is 5.73 Å². The van der Waals surface area contributed by atoms with Gasteiger partial charge in [0.25, 0.3) is 0 Å². The van der Waals surface area contributed by atoms with E-state index in [0.29, 0.717) is 0 Å². The Kier molecular flexibility index (Phi) is 6.92. The van der Waals surface area contributed by atoms with Gasteiger partial charge in [0.05, 0.1) is 6.54 Å². The van der Waals surface area contributed by atoms with Gasteiger partial charge < -0.3 is 15.2 Å². The first-order valence-corrected chi connectivity index (χ1v) is 8.41. The summed E-state index contributed by atoms with van der Waals surface area (Å²) < 4.78 is 10.3. The molecule has 26 heavy (non-hydrogen) atoms. The van der Waals surface area contributed by atoms with Gasteiger partial charge in [0, 0.05) is 0 Å². The van der Waals surface area contributed by atoms with Crippen LogP contribution in [-0.4, -0.2) is 40.1 Å². The minimum atomic E-state index is -1.44. The van der Waals surface area contributed by atoms with Gasteiger partial charge in [-0.3, -0.25) is 4.90 Å². The Hall–Kier alpha value is -2.41. The first-order valence-electron chi connectivity index (χ1n) is 8.41. The number of amides is 1. The lowest BCUT2D eigenvalue weighted by Gasteiger charge is -2.37. The quantitative estimate of drug-likeness (QED) is 0.637. The molecule has 0 saturated heterocycles. The third-order valence-corrected chi connectivity index (χ3v) is 3.54. The van der Waals surface area contributed by atoms with Gasteiger partial charge >= 0.3 is 18.0 Å². The zero-order chi connectivity index (χ0) is 20.1. The number of ether oxygens (including phenoxy) is 2. The van der Waals surface area contributed by atoms with Gasteiger partial charge in [-0.25, -0.2) is 14.4 Å². The maximum absolute atomic E-state index is 12.7. The van der Waals surface area contributed by atoms with Gasteiger partial charge in [-0.2, -0.15) is 0 Å². The Labute approximate surface area is 154 Å². The molecule has 1 aromatic rings. The van der Waals surface area contributed by atoms with Crippen molar-refractivity contribution in [3.05, 3.63) is 35.9 Å². The molecule has 0 aliphatic carbocycles. The lowest BCUT2D eigenvalue weighted by Crippen LogP contribution is -2.55. The molecule has 0 aliphatic rings. The normalized spacial score (nSPS) is 12.9. The standard InChI is InChI=1S/C19H28N2O5/c1-13(20)15(22)25-16(23)19(5,6)21(17(24)26-18(2,3)4)12-14-10-8-7-9-11-14/h7-11,13H,12,20H2,1-6H3/t13-/m0/s1. The predicted molar refractivity (Wildman–Crippen MR) is 97.0 cm³/mol. The number of carbonyl (C=O) groups excluding carboxylic acids is 3. The van der Waals surface area contributed by atoms with Gasteiger partial charge in [0.15, 0.2) is 0 Å². The molecule has 0 aromatic heterocycles. The smallest absolute Gasteiger partial charge is 0.411 e. The van der Waals surface area contributed by atoms with Gasteiger partial charge in [0.1, 0.15) is 17.2 Å². The van der Waals surface area contributed by atoms with E-state index >= 15 is 0 Å². The Morgan fingerprint density at radius 3 is 2.08 bits per heavy atom. The predicted octanol–water partition coefficient (Wildman–Crippen LogP) is 2.62. The number of hydrogen-bond acceptors (Lipinski definition) is 6. The van der Waals surface area contributed by atoms with Gasteiger partial charge in [0.2, 0.25) is 0 Å². The molecule has 1 atom stereocenters. The second-order valence-electron chi connectivity index (χ2n) is 7.61. The highest BCUT2D eigenvalue weighted by Gasteiger charge is 2.42. The van der Waals surface area contributed by atoms with E-state index in [0.717, 1.165) is 5.56 Å². The summed E-state index contributed by atoms with van der Waals surface area (Å²) in [5.41, 5.74) is 4.06. The van der Waals surface area contributed by atoms with E-state index in [1.807, 2.05) is 30.3 Å². The molecule has 0 fully saturated rings. The molecule has 0 radical (unpaired) electrons. The number of nitrogens with zero attached hydrogens (tertiary/aromatic N) is 1. The molecule has 1 amide bonds. The molecule has 7 nitrogen and oxygen atoms in total. The Balaban J connectivity index is 3.13. The van der Waals surface area contributed by atoms with E-state index in [9.17, 15) is 14.4 Å². The molecule has 0 saturated carbocycles. The molecule has 0 heterocycles. The lowest BCUT2D eigenvalue weighted by molar-refractivity contribution is -0.168. The molecule has 1 rings (SSSR count). The Morgan fingerprint density at radius 1 is 1.08 bits per heavy atom. The summed E-state index contributed by atoms with van der Waals surface area (Å²) in [6, 6.07) is 8.21. The first-order chi connectivity index (χ1) is 11.8. The summed E-state index contributed by atoms with van der Waals surface area (Å²) in [7, 11) is 0. The van der Waals surface area contributed by atoms with Crippen molar-refractivity contribution >= 4 is 18.0 Å². The van der Waals surface area contributed by atoms with Crippen LogP contribution in [0.1, 0.15) is 47.1 Å². The van der Waals surface area contributed by atoms with E-state index in [4.69, 9.17) is 15.2 Å². The van der Waals surface area contributed by atoms with Crippen LogP contribution in [0.3, 0.4) is 0 Å². The largest absolute Gasteiger partial charge is 0.444 e. The average Bonchev–Trinajstić information content (AvgIpc) is 2.51. The van der Waals surface area contributed by atoms with E-state index < -0.39 is 35.2 Å². The summed E-state index contributed by atoms with van der Waals surface area (Å²) in [6.45, 7) is 9.72. The van der Waals surface area contributed by atoms with Crippen molar-refractivity contribution in [1.29, 1.82) is 0 Å². The maximum Gasteiger partial charge on any atom is 0.411 e. The van der Waals surface area contributed by atoms with Crippen LogP contribution in [0.25, 0.3) is 0 Å². The van der Waals surface area contributed by atoms with Crippen molar-refractivity contribution in [3.8, 4) is 0 Å². The summed E-state index contributed by atoms with van der Waals surface area (Å²) in [6.07, 6.45) is -0.684. The molecule has 2 N–H and O–H groups in total. The molecular formula is C19H28N2O5. The Morgan fingerprint density at radius 2 is 1.62 bits per heavy atom. The number of hydrogen-bond donors (Lipinski definition) is 1. The summed E-state index contributed by atoms with van der Waals surface area (Å²) >= 11 is 0. The SMILES string of the molecule is C[C@H](N)C(=O)OC(=O)C(C)(C)N(Cc1ccccc1)C(=O)OC(C)(C)C. The third-order valence-electron chi connectivity index (χ3n) is 3.54. The highest BCUT2D eigenvalue weighted by molar-refractivity contribution is 5.94. The monoisotopic (exact) mass is 364 g/mol. The highest BCUT2D eigenvalue weighted by Crippen LogP contribution is 2.23. The van der Waals surface area contributed by atoms with E-state index in [1.165, 1.54) is 25.7 Å². The number of esters is 2. The zero-order valence-electron chi connectivity index (χ0n) is 16.2. The molecule has 0 bridgehead atoms. The number of carbonyl (C=O) groups is 3. The van der Waals surface area contributed by atoms with Crippen molar-refractivity contribution < 1.29 is 23.9 Å². The first kappa shape index (κ1) is 21.6. The average molecular weight is 364 g/mol. The fourth-order valence-electron chi connectivity index (χ4n) is 1.99. The van der Waals surface area contributed by atoms with Crippen LogP contribution in [0, 0.1) is 0 Å². The van der Waals surface area contributed by atoms with Crippen LogP contribution in [0.4, 0.5) is 4.79 Å². The van der Waals surface area contributed by atoms with E-state index in [-0.39, 0.29) is 6.54 Å². The zero-order valence-corrected chi connectivity index (χ0v) is 16.2. The summed E-state index contributed by atoms with van der Waals surface area (Å²) in [4.78, 5) is 38.2. The van der Waals surface area contributed by atoms with Crippen molar-refractivity contribution in [1.82, 2.24) is 4.90 Å². The second kappa shape index (κ2) is 8.31. The van der Waals surface area contributed by atoms with Gasteiger partial charge in [-0.15, -0.1) is 0 Å². The fraction of sp³-hybridized carbons (Fsp3) is 0.526. The van der Waals surface area contributed by atoms with Crippen LogP contribution in [-0.2, 0) is 25.6 Å². The number of nitrogens with two attached hydrogens (primary N) is 1. The molecule has 144 valence electrons. The van der Waals surface area contributed by atoms with Crippen molar-refractivity contribution in [3.63, 3.8) is 0 Å². The van der Waals surface area contributed by atoms with Crippen LogP contribution >= 0.6 is 0 Å². The molecule has 1 aromatic carbocycles. The Bertz CT molecular complexity index is 648. The van der Waals surface area contributed by atoms with Crippen molar-refractivity contribution in [2.75, 3.05) is 0 Å². The van der Waals surface area contributed by atoms with Crippen molar-refractivity contribution in [2.45, 2.75) is 65.3 Å². The van der Waals surface area contributed by atoms with Crippen LogP contribution in [0.5, 0.6) is 0 Å². The minimum absolute atomic E-state index is 0.115. The van der Waals surface area contributed by atoms with E-state index in [2.05, 4.69) is 0 Å². The molecule has 0 unspecified atom stereocenters. The third kappa shape index (κ3) is 6.15. The van der Waals surface area contributed by atoms with Crippen LogP contribution < -0.4 is 5.73 Å². The fourth-order valence-corrected chi connectivity index (χ4v) is 1.99. The molecule has 7 heteroatoms. The highest BCUT2D eigenvalue weighted by atomic mass is 16.6. The summed E-state index contributed by atoms with van der Waals surface area (Å²) in [5, 5.41) is 0. The minimum Gasteiger partial charge on any atom is -0.444 e. The second-order valence-corrected chi connectivity index (χ2v) is 7.61. The number of benzene rings is 1. The van der Waals surface area contributed by atoms with Gasteiger partial charge in [-0.05, 0) is 47.1 Å². The van der Waals surface area contributed by atoms with E-state index in [1.54, 1.807) is 20.8 Å². The van der Waals surface area contributed by atoms with Crippen LogP contribution in [0.2, 0.25) is 0 Å². The van der Waals surface area contributed by atoms with Crippen LogP contribution in [0.15, 0.2) is 30.3 Å². The lowest BCUT2D eigenvalue weighted by atomic mass is 10.0.